The summed E-state index contributed by atoms with van der Waals surface area (Å²) in [6.45, 7) is 3.88. The van der Waals surface area contributed by atoms with Crippen LogP contribution in [0.15, 0.2) is 18.2 Å². The lowest BCUT2D eigenvalue weighted by Gasteiger charge is -2.09. The van der Waals surface area contributed by atoms with Gasteiger partial charge in [-0.05, 0) is 44.5 Å². The van der Waals surface area contributed by atoms with Crippen LogP contribution >= 0.6 is 0 Å². The zero-order chi connectivity index (χ0) is 14.7. The molecule has 0 bridgehead atoms. The van der Waals surface area contributed by atoms with Crippen molar-refractivity contribution in [1.82, 2.24) is 4.57 Å². The normalized spacial score (nSPS) is 11.2. The summed E-state index contributed by atoms with van der Waals surface area (Å²) >= 11 is 0. The maximum absolute atomic E-state index is 11.5. The highest BCUT2D eigenvalue weighted by Gasteiger charge is 2.18. The predicted molar refractivity (Wildman–Crippen MR) is 80.1 cm³/mol. The molecule has 1 aromatic heterocycles. The number of rotatable bonds is 6. The van der Waals surface area contributed by atoms with Gasteiger partial charge in [-0.1, -0.05) is 12.1 Å². The largest absolute Gasteiger partial charge is 0.478 e. The zero-order valence-corrected chi connectivity index (χ0v) is 11.7. The molecule has 2 rings (SSSR count). The summed E-state index contributed by atoms with van der Waals surface area (Å²) in [7, 11) is 0. The van der Waals surface area contributed by atoms with E-state index in [1.807, 2.05) is 13.0 Å². The monoisotopic (exact) mass is 275 g/mol. The van der Waals surface area contributed by atoms with Crippen LogP contribution in [0, 0.1) is 6.92 Å². The number of benzene rings is 1. The molecule has 2 aromatic rings. The first-order chi connectivity index (χ1) is 9.61. The van der Waals surface area contributed by atoms with Crippen LogP contribution in [0.3, 0.4) is 0 Å². The second kappa shape index (κ2) is 6.07. The van der Waals surface area contributed by atoms with E-state index in [0.29, 0.717) is 18.7 Å². The summed E-state index contributed by atoms with van der Waals surface area (Å²) in [5.74, 6) is -0.901. The van der Waals surface area contributed by atoms with Crippen LogP contribution in [0.5, 0.6) is 0 Å². The standard InChI is InChI=1S/C15H21N3O2/c1-10-11(6-8-17)12-4-2-5-13(15(19)20)14(12)18(10)9-3-7-16/h2,4-5H,3,6-9,16-17H2,1H3,(H,19,20). The quantitative estimate of drug-likeness (QED) is 0.744. The van der Waals surface area contributed by atoms with Crippen molar-refractivity contribution in [3.8, 4) is 0 Å². The Morgan fingerprint density at radius 3 is 2.65 bits per heavy atom. The number of para-hydroxylation sites is 1. The molecule has 0 radical (unpaired) electrons. The third-order valence-corrected chi connectivity index (χ3v) is 3.68. The van der Waals surface area contributed by atoms with E-state index in [2.05, 4.69) is 4.57 Å². The van der Waals surface area contributed by atoms with Crippen molar-refractivity contribution in [2.24, 2.45) is 11.5 Å². The fourth-order valence-electron chi connectivity index (χ4n) is 2.76. The first-order valence-electron chi connectivity index (χ1n) is 6.86. The number of hydrogen-bond acceptors (Lipinski definition) is 3. The molecule has 0 saturated heterocycles. The van der Waals surface area contributed by atoms with Gasteiger partial charge in [-0.25, -0.2) is 4.79 Å². The summed E-state index contributed by atoms with van der Waals surface area (Å²) in [5.41, 5.74) is 14.6. The maximum Gasteiger partial charge on any atom is 0.337 e. The number of aryl methyl sites for hydroxylation is 1. The molecule has 0 saturated carbocycles. The van der Waals surface area contributed by atoms with Crippen molar-refractivity contribution in [3.63, 3.8) is 0 Å². The van der Waals surface area contributed by atoms with Gasteiger partial charge in [0.15, 0.2) is 0 Å². The molecule has 1 aromatic carbocycles. The first kappa shape index (κ1) is 14.6. The van der Waals surface area contributed by atoms with E-state index in [-0.39, 0.29) is 0 Å². The Labute approximate surface area is 118 Å². The van der Waals surface area contributed by atoms with Gasteiger partial charge in [-0.2, -0.15) is 0 Å². The summed E-state index contributed by atoms with van der Waals surface area (Å²) in [4.78, 5) is 11.5. The molecule has 1 heterocycles. The molecule has 0 aliphatic heterocycles. The van der Waals surface area contributed by atoms with E-state index in [0.717, 1.165) is 41.5 Å². The molecule has 0 aliphatic rings. The van der Waals surface area contributed by atoms with Crippen LogP contribution in [0.25, 0.3) is 10.9 Å². The molecular formula is C15H21N3O2. The van der Waals surface area contributed by atoms with Crippen molar-refractivity contribution < 1.29 is 9.90 Å². The number of carboxylic acid groups (broad SMARTS) is 1. The Morgan fingerprint density at radius 1 is 1.30 bits per heavy atom. The van der Waals surface area contributed by atoms with Crippen molar-refractivity contribution in [1.29, 1.82) is 0 Å². The Bertz CT molecular complexity index is 632. The average Bonchev–Trinajstić information content (AvgIpc) is 2.70. The minimum atomic E-state index is -0.901. The SMILES string of the molecule is Cc1c(CCN)c2cccc(C(=O)O)c2n1CCCN. The molecule has 0 atom stereocenters. The summed E-state index contributed by atoms with van der Waals surface area (Å²) in [5, 5.41) is 10.4. The summed E-state index contributed by atoms with van der Waals surface area (Å²) in [6.07, 6.45) is 1.57. The van der Waals surface area contributed by atoms with Crippen LogP contribution in [-0.4, -0.2) is 28.7 Å². The van der Waals surface area contributed by atoms with Gasteiger partial charge in [-0.3, -0.25) is 0 Å². The fourth-order valence-corrected chi connectivity index (χ4v) is 2.76. The number of aromatic carboxylic acids is 1. The van der Waals surface area contributed by atoms with Gasteiger partial charge in [0, 0.05) is 17.6 Å². The van der Waals surface area contributed by atoms with E-state index in [1.54, 1.807) is 12.1 Å². The predicted octanol–water partition coefficient (Wildman–Crippen LogP) is 1.50. The number of nitrogens with two attached hydrogens (primary N) is 2. The van der Waals surface area contributed by atoms with E-state index in [9.17, 15) is 9.90 Å². The van der Waals surface area contributed by atoms with Gasteiger partial charge in [0.1, 0.15) is 0 Å². The lowest BCUT2D eigenvalue weighted by Crippen LogP contribution is -2.09. The fraction of sp³-hybridized carbons (Fsp3) is 0.400. The number of carboxylic acids is 1. The van der Waals surface area contributed by atoms with Gasteiger partial charge in [0.25, 0.3) is 0 Å². The van der Waals surface area contributed by atoms with Crippen molar-refractivity contribution in [2.75, 3.05) is 13.1 Å². The molecular weight excluding hydrogens is 254 g/mol. The van der Waals surface area contributed by atoms with Crippen LogP contribution in [0.4, 0.5) is 0 Å². The molecule has 0 unspecified atom stereocenters. The third kappa shape index (κ3) is 2.42. The number of fused-ring (bicyclic) bond motifs is 1. The van der Waals surface area contributed by atoms with E-state index < -0.39 is 5.97 Å². The molecule has 5 heteroatoms. The Balaban J connectivity index is 2.73. The highest BCUT2D eigenvalue weighted by molar-refractivity contribution is 6.03. The van der Waals surface area contributed by atoms with Gasteiger partial charge in [0.05, 0.1) is 11.1 Å². The molecule has 0 fully saturated rings. The highest BCUT2D eigenvalue weighted by Crippen LogP contribution is 2.29. The summed E-state index contributed by atoms with van der Waals surface area (Å²) < 4.78 is 2.07. The van der Waals surface area contributed by atoms with Gasteiger partial charge >= 0.3 is 5.97 Å². The molecule has 0 spiro atoms. The smallest absolute Gasteiger partial charge is 0.337 e. The Morgan fingerprint density at radius 2 is 2.05 bits per heavy atom. The van der Waals surface area contributed by atoms with E-state index in [1.165, 1.54) is 0 Å². The second-order valence-corrected chi connectivity index (χ2v) is 4.90. The van der Waals surface area contributed by atoms with Crippen LogP contribution in [-0.2, 0) is 13.0 Å². The van der Waals surface area contributed by atoms with Crippen LogP contribution in [0.2, 0.25) is 0 Å². The number of aromatic nitrogens is 1. The molecule has 5 N–H and O–H groups in total. The van der Waals surface area contributed by atoms with Crippen LogP contribution < -0.4 is 11.5 Å². The topological polar surface area (TPSA) is 94.3 Å². The minimum absolute atomic E-state index is 0.339. The molecule has 20 heavy (non-hydrogen) atoms. The molecule has 108 valence electrons. The minimum Gasteiger partial charge on any atom is -0.478 e. The van der Waals surface area contributed by atoms with E-state index in [4.69, 9.17) is 11.5 Å². The lowest BCUT2D eigenvalue weighted by atomic mass is 10.1. The number of hydrogen-bond donors (Lipinski definition) is 3. The van der Waals surface area contributed by atoms with Crippen molar-refractivity contribution >= 4 is 16.9 Å². The maximum atomic E-state index is 11.5. The average molecular weight is 275 g/mol. The van der Waals surface area contributed by atoms with Crippen molar-refractivity contribution in [3.05, 3.63) is 35.0 Å². The molecule has 5 nitrogen and oxygen atoms in total. The molecule has 0 aliphatic carbocycles. The first-order valence-corrected chi connectivity index (χ1v) is 6.86. The number of nitrogens with zero attached hydrogens (tertiary/aromatic N) is 1. The van der Waals surface area contributed by atoms with E-state index >= 15 is 0 Å². The molecule has 0 amide bonds. The van der Waals surface area contributed by atoms with Gasteiger partial charge in [0.2, 0.25) is 0 Å². The zero-order valence-electron chi connectivity index (χ0n) is 11.7. The Kier molecular flexibility index (Phi) is 4.42. The highest BCUT2D eigenvalue weighted by atomic mass is 16.4. The number of carbonyl (C=O) groups is 1. The van der Waals surface area contributed by atoms with Gasteiger partial charge in [-0.15, -0.1) is 0 Å². The summed E-state index contributed by atoms with van der Waals surface area (Å²) in [6, 6.07) is 5.41. The Hall–Kier alpha value is -1.85. The van der Waals surface area contributed by atoms with Crippen molar-refractivity contribution in [2.45, 2.75) is 26.3 Å². The van der Waals surface area contributed by atoms with Gasteiger partial charge < -0.3 is 21.1 Å². The lowest BCUT2D eigenvalue weighted by molar-refractivity contribution is 0.0698. The van der Waals surface area contributed by atoms with Crippen LogP contribution in [0.1, 0.15) is 28.0 Å². The second-order valence-electron chi connectivity index (χ2n) is 4.90. The third-order valence-electron chi connectivity index (χ3n) is 3.68.